The second-order valence-corrected chi connectivity index (χ2v) is 14.3. The molecule has 5 amide bonds. The molecule has 5 fully saturated rings. The fourth-order valence-electron chi connectivity index (χ4n) is 8.15. The third kappa shape index (κ3) is 6.00. The van der Waals surface area contributed by atoms with Crippen molar-refractivity contribution in [2.24, 2.45) is 35.5 Å². The topological polar surface area (TPSA) is 180 Å². The first kappa shape index (κ1) is 32.1. The van der Waals surface area contributed by atoms with Crippen LogP contribution in [-0.4, -0.2) is 86.4 Å². The van der Waals surface area contributed by atoms with Crippen LogP contribution in [0.1, 0.15) is 83.1 Å². The van der Waals surface area contributed by atoms with Gasteiger partial charge < -0.3 is 26.2 Å². The first-order valence-corrected chi connectivity index (χ1v) is 16.9. The minimum Gasteiger partial charge on any atom is -0.346 e. The molecule has 2 saturated heterocycles. The zero-order chi connectivity index (χ0) is 32.9. The molecule has 1 aromatic rings. The number of carbonyl (C=O) groups is 6. The maximum absolute atomic E-state index is 14.2. The van der Waals surface area contributed by atoms with Crippen LogP contribution in [0.25, 0.3) is 0 Å². The minimum absolute atomic E-state index is 0.0755. The molecule has 46 heavy (non-hydrogen) atoms. The van der Waals surface area contributed by atoms with E-state index in [0.717, 1.165) is 25.7 Å². The van der Waals surface area contributed by atoms with Crippen molar-refractivity contribution < 1.29 is 28.8 Å². The zero-order valence-corrected chi connectivity index (χ0v) is 26.9. The van der Waals surface area contributed by atoms with E-state index in [0.29, 0.717) is 31.1 Å². The van der Waals surface area contributed by atoms with Gasteiger partial charge in [0.1, 0.15) is 23.8 Å². The molecule has 6 unspecified atom stereocenters. The highest BCUT2D eigenvalue weighted by atomic mass is 16.2. The summed E-state index contributed by atoms with van der Waals surface area (Å²) in [6.45, 7) is 7.47. The van der Waals surface area contributed by atoms with Gasteiger partial charge in [0.05, 0.1) is 12.2 Å². The monoisotopic (exact) mass is 635 g/mol. The van der Waals surface area contributed by atoms with Crippen molar-refractivity contribution in [2.45, 2.75) is 109 Å². The van der Waals surface area contributed by atoms with Crippen molar-refractivity contribution in [1.82, 2.24) is 36.1 Å². The Morgan fingerprint density at radius 2 is 1.76 bits per heavy atom. The lowest BCUT2D eigenvalue weighted by Crippen LogP contribution is -2.67. The smallest absolute Gasteiger partial charge is 0.289 e. The summed E-state index contributed by atoms with van der Waals surface area (Å²) in [6.07, 6.45) is 9.35. The van der Waals surface area contributed by atoms with E-state index >= 15 is 0 Å². The van der Waals surface area contributed by atoms with Crippen LogP contribution in [0, 0.1) is 35.5 Å². The van der Waals surface area contributed by atoms with Crippen LogP contribution in [0.3, 0.4) is 0 Å². The van der Waals surface area contributed by atoms with Crippen LogP contribution >= 0.6 is 0 Å². The van der Waals surface area contributed by atoms with Crippen molar-refractivity contribution >= 4 is 35.3 Å². The van der Waals surface area contributed by atoms with Gasteiger partial charge in [0, 0.05) is 24.5 Å². The van der Waals surface area contributed by atoms with Crippen molar-refractivity contribution in [3.63, 3.8) is 0 Å². The predicted octanol–water partition coefficient (Wildman–Crippen LogP) is 0.740. The van der Waals surface area contributed by atoms with E-state index in [1.54, 1.807) is 18.7 Å². The molecule has 1 aromatic heterocycles. The Morgan fingerprint density at radius 3 is 2.39 bits per heavy atom. The number of fused-ring (bicyclic) bond motifs is 1. The summed E-state index contributed by atoms with van der Waals surface area (Å²) in [5.74, 6) is -2.38. The Labute approximate surface area is 268 Å². The number of nitrogens with zero attached hydrogens (tertiary/aromatic N) is 3. The standard InChI is InChI=1S/C33H45N7O6/c1-5-7-21(28(41)32(45)39-26-19-13-20(19)26)36-30(43)23-12-17-8-6-9-18-16(4)25(33(46)40(23)27(17)18)38-31(44)24(15(2)3)37-29(42)22-14-34-10-11-35-22/h10-11,14-21,23-27H,5-9,12-13H2,1-4H3,(H,36,43)(H,37,42)(H,38,44)(H,39,45)/t16?,17-,18?,19?,20?,21?,23-,24?,25-,26?,27+/m0/s1. The van der Waals surface area contributed by atoms with Gasteiger partial charge in [-0.05, 0) is 67.6 Å². The maximum Gasteiger partial charge on any atom is 0.289 e. The summed E-state index contributed by atoms with van der Waals surface area (Å²) in [5, 5.41) is 11.3. The molecule has 6 rings (SSSR count). The van der Waals surface area contributed by atoms with E-state index in [4.69, 9.17) is 0 Å². The fraction of sp³-hybridized carbons (Fsp3) is 0.697. The third-order valence-electron chi connectivity index (χ3n) is 11.0. The van der Waals surface area contributed by atoms with Gasteiger partial charge in [-0.2, -0.15) is 0 Å². The number of hydrogen-bond acceptors (Lipinski definition) is 8. The van der Waals surface area contributed by atoms with Crippen LogP contribution < -0.4 is 21.3 Å². The lowest BCUT2D eigenvalue weighted by atomic mass is 9.68. The van der Waals surface area contributed by atoms with Crippen LogP contribution in [0.15, 0.2) is 18.6 Å². The molecule has 13 heteroatoms. The molecule has 10 atom stereocenters. The van der Waals surface area contributed by atoms with E-state index in [9.17, 15) is 28.8 Å². The van der Waals surface area contributed by atoms with Gasteiger partial charge >= 0.3 is 0 Å². The lowest BCUT2D eigenvalue weighted by molar-refractivity contribution is -0.154. The van der Waals surface area contributed by atoms with E-state index in [-0.39, 0.29) is 47.4 Å². The number of carbonyl (C=O) groups excluding carboxylic acids is 6. The normalized spacial score (nSPS) is 33.2. The van der Waals surface area contributed by atoms with Crippen LogP contribution in [0.2, 0.25) is 0 Å². The molecule has 0 aromatic carbocycles. The Hall–Kier alpha value is -3.90. The summed E-state index contributed by atoms with van der Waals surface area (Å²) in [5.41, 5.74) is 0.0755. The molecule has 13 nitrogen and oxygen atoms in total. The third-order valence-corrected chi connectivity index (χ3v) is 11.0. The Morgan fingerprint density at radius 1 is 1.00 bits per heavy atom. The van der Waals surface area contributed by atoms with Gasteiger partial charge in [-0.3, -0.25) is 33.8 Å². The molecule has 0 radical (unpaired) electrons. The Bertz CT molecular complexity index is 1400. The molecule has 0 spiro atoms. The number of nitrogens with one attached hydrogen (secondary N) is 4. The number of aromatic nitrogens is 2. The van der Waals surface area contributed by atoms with E-state index in [1.165, 1.54) is 18.6 Å². The molecule has 3 heterocycles. The zero-order valence-electron chi connectivity index (χ0n) is 26.9. The summed E-state index contributed by atoms with van der Waals surface area (Å²) in [4.78, 5) is 90.0. The molecule has 2 aliphatic heterocycles. The van der Waals surface area contributed by atoms with Gasteiger partial charge in [0.15, 0.2) is 0 Å². The lowest BCUT2D eigenvalue weighted by Gasteiger charge is -2.50. The number of hydrogen-bond donors (Lipinski definition) is 4. The highest BCUT2D eigenvalue weighted by Gasteiger charge is 2.65. The first-order chi connectivity index (χ1) is 22.0. The van der Waals surface area contributed by atoms with Crippen molar-refractivity contribution in [1.29, 1.82) is 0 Å². The SMILES string of the molecule is CCCC(NC(=O)[C@@H]1C[C@@H]2CCCC3C(C)[C@H](NC(=O)C(NC(=O)c4cnccn4)C(C)C)C(=O)N1[C@@H]32)C(=O)C(=O)NC1C2CC21. The summed E-state index contributed by atoms with van der Waals surface area (Å²) >= 11 is 0. The van der Waals surface area contributed by atoms with Gasteiger partial charge in [-0.1, -0.05) is 40.5 Å². The minimum atomic E-state index is -0.968. The number of Topliss-reactive ketones (excluding diaryl/α,β-unsaturated/α-hetero) is 1. The molecule has 3 saturated carbocycles. The number of rotatable bonds is 12. The average molecular weight is 636 g/mol. The van der Waals surface area contributed by atoms with Gasteiger partial charge in [-0.25, -0.2) is 4.98 Å². The van der Waals surface area contributed by atoms with Crippen LogP contribution in [0.5, 0.6) is 0 Å². The molecule has 248 valence electrons. The van der Waals surface area contributed by atoms with Crippen LogP contribution in [0.4, 0.5) is 0 Å². The number of ketones is 1. The van der Waals surface area contributed by atoms with Crippen molar-refractivity contribution in [3.8, 4) is 0 Å². The molecule has 5 aliphatic rings. The van der Waals surface area contributed by atoms with Crippen LogP contribution in [-0.2, 0) is 24.0 Å². The maximum atomic E-state index is 14.2. The van der Waals surface area contributed by atoms with E-state index in [2.05, 4.69) is 31.2 Å². The quantitative estimate of drug-likeness (QED) is 0.243. The molecule has 3 aliphatic carbocycles. The predicted molar refractivity (Wildman–Crippen MR) is 164 cm³/mol. The summed E-state index contributed by atoms with van der Waals surface area (Å²) < 4.78 is 0. The molecular weight excluding hydrogens is 590 g/mol. The number of amides is 5. The van der Waals surface area contributed by atoms with Gasteiger partial charge in [-0.15, -0.1) is 0 Å². The fourth-order valence-corrected chi connectivity index (χ4v) is 8.15. The van der Waals surface area contributed by atoms with Crippen molar-refractivity contribution in [2.75, 3.05) is 0 Å². The second kappa shape index (κ2) is 12.7. The van der Waals surface area contributed by atoms with Gasteiger partial charge in [0.25, 0.3) is 11.8 Å². The first-order valence-electron chi connectivity index (χ1n) is 16.9. The van der Waals surface area contributed by atoms with E-state index < -0.39 is 53.6 Å². The Balaban J connectivity index is 1.17. The molecular formula is C33H45N7O6. The van der Waals surface area contributed by atoms with E-state index in [1.807, 2.05) is 13.8 Å². The second-order valence-electron chi connectivity index (χ2n) is 14.3. The number of piperidine rings is 1. The summed E-state index contributed by atoms with van der Waals surface area (Å²) in [7, 11) is 0. The largest absolute Gasteiger partial charge is 0.346 e. The highest BCUT2D eigenvalue weighted by molar-refractivity contribution is 6.38. The van der Waals surface area contributed by atoms with Crippen molar-refractivity contribution in [3.05, 3.63) is 24.3 Å². The molecule has 0 bridgehead atoms. The highest BCUT2D eigenvalue weighted by Crippen LogP contribution is 2.62. The molecule has 4 N–H and O–H groups in total. The van der Waals surface area contributed by atoms with Gasteiger partial charge in [0.2, 0.25) is 23.5 Å². The Kier molecular flexibility index (Phi) is 8.86. The summed E-state index contributed by atoms with van der Waals surface area (Å²) in [6, 6.07) is -3.65. The average Bonchev–Trinajstić information content (AvgIpc) is 3.94.